The first-order valence-corrected chi connectivity index (χ1v) is 5.89. The zero-order valence-electron chi connectivity index (χ0n) is 10.4. The fourth-order valence-electron chi connectivity index (χ4n) is 1.66. The molecule has 1 aromatic rings. The molecule has 0 heterocycles. The molecule has 0 aromatic heterocycles. The molecule has 1 rings (SSSR count). The number of benzene rings is 1. The van der Waals surface area contributed by atoms with Gasteiger partial charge in [0, 0.05) is 0 Å². The van der Waals surface area contributed by atoms with Crippen LogP contribution in [0.5, 0.6) is 0 Å². The molecule has 18 heavy (non-hydrogen) atoms. The van der Waals surface area contributed by atoms with E-state index in [4.69, 9.17) is 10.5 Å². The Morgan fingerprint density at radius 1 is 1.22 bits per heavy atom. The average Bonchev–Trinajstić information content (AvgIpc) is 2.34. The van der Waals surface area contributed by atoms with Crippen LogP contribution in [-0.4, -0.2) is 18.4 Å². The Bertz CT molecular complexity index is 353. The minimum absolute atomic E-state index is 0.427. The van der Waals surface area contributed by atoms with Crippen molar-refractivity contribution >= 4 is 0 Å². The van der Waals surface area contributed by atoms with Crippen LogP contribution >= 0.6 is 0 Å². The molecule has 0 fully saturated rings. The van der Waals surface area contributed by atoms with E-state index in [9.17, 15) is 13.2 Å². The van der Waals surface area contributed by atoms with Crippen LogP contribution in [0.25, 0.3) is 0 Å². The van der Waals surface area contributed by atoms with Crippen LogP contribution in [0, 0.1) is 0 Å². The Kier molecular flexibility index (Phi) is 5.16. The Morgan fingerprint density at radius 2 is 1.78 bits per heavy atom. The van der Waals surface area contributed by atoms with E-state index in [1.54, 1.807) is 31.2 Å². The molecule has 5 heteroatoms. The molecule has 0 spiro atoms. The minimum atomic E-state index is -4.36. The van der Waals surface area contributed by atoms with Gasteiger partial charge in [-0.3, -0.25) is 0 Å². The highest BCUT2D eigenvalue weighted by atomic mass is 19.4. The zero-order chi connectivity index (χ0) is 13.8. The van der Waals surface area contributed by atoms with Gasteiger partial charge in [-0.15, -0.1) is 0 Å². The number of ether oxygens (including phenoxy) is 1. The highest BCUT2D eigenvalue weighted by Gasteiger charge is 2.39. The standard InChI is InChI=1S/C13H18F3NO/c1-3-11(18-9(2)13(14,15)16)12(17)10-7-5-4-6-8-10/h4-9,11-12H,3,17H2,1-2H3. The van der Waals surface area contributed by atoms with Crippen molar-refractivity contribution in [2.24, 2.45) is 5.73 Å². The van der Waals surface area contributed by atoms with Crippen LogP contribution in [-0.2, 0) is 4.74 Å². The molecule has 0 aliphatic carbocycles. The molecule has 0 amide bonds. The number of hydrogen-bond donors (Lipinski definition) is 1. The predicted molar refractivity (Wildman–Crippen MR) is 64.1 cm³/mol. The monoisotopic (exact) mass is 261 g/mol. The third kappa shape index (κ3) is 3.99. The van der Waals surface area contributed by atoms with Crippen molar-refractivity contribution < 1.29 is 17.9 Å². The van der Waals surface area contributed by atoms with E-state index < -0.39 is 24.4 Å². The van der Waals surface area contributed by atoms with Crippen molar-refractivity contribution in [3.05, 3.63) is 35.9 Å². The van der Waals surface area contributed by atoms with Gasteiger partial charge in [0.15, 0.2) is 6.10 Å². The number of rotatable bonds is 5. The fourth-order valence-corrected chi connectivity index (χ4v) is 1.66. The molecule has 0 saturated carbocycles. The fraction of sp³-hybridized carbons (Fsp3) is 0.538. The van der Waals surface area contributed by atoms with Crippen LogP contribution in [0.4, 0.5) is 13.2 Å². The van der Waals surface area contributed by atoms with Crippen molar-refractivity contribution in [2.45, 2.75) is 44.7 Å². The highest BCUT2D eigenvalue weighted by molar-refractivity contribution is 5.19. The van der Waals surface area contributed by atoms with Crippen molar-refractivity contribution in [3.8, 4) is 0 Å². The van der Waals surface area contributed by atoms with E-state index in [0.29, 0.717) is 6.42 Å². The molecule has 0 aliphatic rings. The second-order valence-electron chi connectivity index (χ2n) is 4.20. The van der Waals surface area contributed by atoms with Crippen molar-refractivity contribution in [3.63, 3.8) is 0 Å². The van der Waals surface area contributed by atoms with E-state index in [1.807, 2.05) is 6.07 Å². The van der Waals surface area contributed by atoms with Crippen molar-refractivity contribution in [2.75, 3.05) is 0 Å². The number of alkyl halides is 3. The molecule has 0 saturated heterocycles. The molecule has 1 aromatic carbocycles. The van der Waals surface area contributed by atoms with Crippen LogP contribution < -0.4 is 5.73 Å². The van der Waals surface area contributed by atoms with E-state index in [1.165, 1.54) is 0 Å². The Hall–Kier alpha value is -1.07. The SMILES string of the molecule is CCC(OC(C)C(F)(F)F)C(N)c1ccccc1. The van der Waals surface area contributed by atoms with E-state index >= 15 is 0 Å². The van der Waals surface area contributed by atoms with Gasteiger partial charge in [-0.05, 0) is 18.9 Å². The van der Waals surface area contributed by atoms with Gasteiger partial charge in [0.25, 0.3) is 0 Å². The summed E-state index contributed by atoms with van der Waals surface area (Å²) in [7, 11) is 0. The van der Waals surface area contributed by atoms with E-state index in [0.717, 1.165) is 12.5 Å². The molecule has 102 valence electrons. The maximum Gasteiger partial charge on any atom is 0.414 e. The lowest BCUT2D eigenvalue weighted by Gasteiger charge is -2.27. The molecule has 3 atom stereocenters. The minimum Gasteiger partial charge on any atom is -0.364 e. The smallest absolute Gasteiger partial charge is 0.364 e. The number of halogens is 3. The zero-order valence-corrected chi connectivity index (χ0v) is 10.4. The van der Waals surface area contributed by atoms with Gasteiger partial charge in [0.1, 0.15) is 0 Å². The van der Waals surface area contributed by atoms with Crippen molar-refractivity contribution in [1.82, 2.24) is 0 Å². The van der Waals surface area contributed by atoms with Crippen molar-refractivity contribution in [1.29, 1.82) is 0 Å². The molecular formula is C13H18F3NO. The van der Waals surface area contributed by atoms with Gasteiger partial charge in [-0.25, -0.2) is 0 Å². The summed E-state index contributed by atoms with van der Waals surface area (Å²) in [6, 6.07) is 8.45. The maximum absolute atomic E-state index is 12.4. The third-order valence-corrected chi connectivity index (χ3v) is 2.83. The molecule has 0 aliphatic heterocycles. The molecule has 2 N–H and O–H groups in total. The average molecular weight is 261 g/mol. The van der Waals surface area contributed by atoms with Crippen LogP contribution in [0.2, 0.25) is 0 Å². The Labute approximate surface area is 105 Å². The van der Waals surface area contributed by atoms with E-state index in [-0.39, 0.29) is 0 Å². The van der Waals surface area contributed by atoms with Crippen LogP contribution in [0.1, 0.15) is 31.9 Å². The number of nitrogens with two attached hydrogens (primary N) is 1. The number of hydrogen-bond acceptors (Lipinski definition) is 2. The summed E-state index contributed by atoms with van der Waals surface area (Å²) < 4.78 is 42.4. The first kappa shape index (κ1) is 15.0. The Balaban J connectivity index is 2.72. The first-order chi connectivity index (χ1) is 8.36. The predicted octanol–water partition coefficient (Wildman–Crippen LogP) is 3.43. The summed E-state index contributed by atoms with van der Waals surface area (Å²) in [6.07, 6.45) is -6.39. The summed E-state index contributed by atoms with van der Waals surface area (Å²) in [6.45, 7) is 2.76. The van der Waals surface area contributed by atoms with Gasteiger partial charge in [-0.1, -0.05) is 37.3 Å². The summed E-state index contributed by atoms with van der Waals surface area (Å²) in [5.74, 6) is 0. The molecule has 3 unspecified atom stereocenters. The summed E-state index contributed by atoms with van der Waals surface area (Å²) in [4.78, 5) is 0. The lowest BCUT2D eigenvalue weighted by Crippen LogP contribution is -2.37. The first-order valence-electron chi connectivity index (χ1n) is 5.89. The topological polar surface area (TPSA) is 35.2 Å². The van der Waals surface area contributed by atoms with Gasteiger partial charge in [-0.2, -0.15) is 13.2 Å². The molecule has 0 radical (unpaired) electrons. The summed E-state index contributed by atoms with van der Waals surface area (Å²) in [5, 5.41) is 0. The van der Waals surface area contributed by atoms with Gasteiger partial charge in [0.05, 0.1) is 12.1 Å². The summed E-state index contributed by atoms with van der Waals surface area (Å²) >= 11 is 0. The second kappa shape index (κ2) is 6.20. The van der Waals surface area contributed by atoms with Gasteiger partial charge >= 0.3 is 6.18 Å². The molecular weight excluding hydrogens is 243 g/mol. The maximum atomic E-state index is 12.4. The second-order valence-corrected chi connectivity index (χ2v) is 4.20. The Morgan fingerprint density at radius 3 is 2.22 bits per heavy atom. The highest BCUT2D eigenvalue weighted by Crippen LogP contribution is 2.27. The van der Waals surface area contributed by atoms with Gasteiger partial charge in [0.2, 0.25) is 0 Å². The third-order valence-electron chi connectivity index (χ3n) is 2.83. The normalized spacial score (nSPS) is 17.2. The molecule has 0 bridgehead atoms. The van der Waals surface area contributed by atoms with Crippen LogP contribution in [0.15, 0.2) is 30.3 Å². The lowest BCUT2D eigenvalue weighted by molar-refractivity contribution is -0.229. The molecule has 2 nitrogen and oxygen atoms in total. The lowest BCUT2D eigenvalue weighted by atomic mass is 10.0. The largest absolute Gasteiger partial charge is 0.414 e. The van der Waals surface area contributed by atoms with Crippen LogP contribution in [0.3, 0.4) is 0 Å². The summed E-state index contributed by atoms with van der Waals surface area (Å²) in [5.41, 5.74) is 6.73. The quantitative estimate of drug-likeness (QED) is 0.881. The van der Waals surface area contributed by atoms with Gasteiger partial charge < -0.3 is 10.5 Å². The van der Waals surface area contributed by atoms with E-state index in [2.05, 4.69) is 0 Å².